The van der Waals surface area contributed by atoms with Crippen molar-refractivity contribution in [3.8, 4) is 0 Å². The summed E-state index contributed by atoms with van der Waals surface area (Å²) in [5, 5.41) is 0. The lowest BCUT2D eigenvalue weighted by Crippen LogP contribution is -2.46. The van der Waals surface area contributed by atoms with E-state index < -0.39 is 5.97 Å². The number of rotatable bonds is 21. The van der Waals surface area contributed by atoms with E-state index in [4.69, 9.17) is 14.2 Å². The van der Waals surface area contributed by atoms with Crippen LogP contribution in [0.2, 0.25) is 0 Å². The van der Waals surface area contributed by atoms with Crippen molar-refractivity contribution in [2.45, 2.75) is 124 Å². The number of hydrogen-bond donors (Lipinski definition) is 0. The van der Waals surface area contributed by atoms with Crippen molar-refractivity contribution in [2.24, 2.45) is 5.92 Å². The summed E-state index contributed by atoms with van der Waals surface area (Å²) < 4.78 is 18.3. The second-order valence-electron chi connectivity index (χ2n) is 7.71. The second-order valence-corrected chi connectivity index (χ2v) is 7.71. The third-order valence-electron chi connectivity index (χ3n) is 5.25. The molecule has 3 nitrogen and oxygen atoms in total. The molecule has 0 aliphatic carbocycles. The molecule has 0 aliphatic heterocycles. The Morgan fingerprint density at radius 3 is 1.64 bits per heavy atom. The Hall–Kier alpha value is -0.380. The van der Waals surface area contributed by atoms with Crippen LogP contribution in [0, 0.1) is 5.92 Å². The molecule has 0 N–H and O–H groups in total. The van der Waals surface area contributed by atoms with Crippen LogP contribution < -0.4 is 0 Å². The van der Waals surface area contributed by atoms with E-state index in [1.807, 2.05) is 20.8 Å². The smallest absolute Gasteiger partial charge is 0.286 e. The second kappa shape index (κ2) is 19.9. The zero-order chi connectivity index (χ0) is 20.9. The van der Waals surface area contributed by atoms with Crippen molar-refractivity contribution in [2.75, 3.05) is 19.8 Å². The predicted octanol–water partition coefficient (Wildman–Crippen LogP) is 8.03. The summed E-state index contributed by atoms with van der Waals surface area (Å²) in [4.78, 5) is 0. The normalized spacial score (nSPS) is 13.5. The highest BCUT2D eigenvalue weighted by molar-refractivity contribution is 4.87. The lowest BCUT2D eigenvalue weighted by atomic mass is 9.93. The van der Waals surface area contributed by atoms with Gasteiger partial charge in [-0.1, -0.05) is 83.8 Å². The quantitative estimate of drug-likeness (QED) is 0.111. The molecule has 1 unspecified atom stereocenters. The minimum Gasteiger partial charge on any atom is -0.328 e. The van der Waals surface area contributed by atoms with Crippen molar-refractivity contribution in [3.63, 3.8) is 0 Å². The van der Waals surface area contributed by atoms with Crippen molar-refractivity contribution in [1.29, 1.82) is 0 Å². The van der Waals surface area contributed by atoms with Crippen LogP contribution in [0.25, 0.3) is 0 Å². The first kappa shape index (κ1) is 27.6. The molecule has 0 bridgehead atoms. The Kier molecular flexibility index (Phi) is 19.6. The molecule has 0 aromatic heterocycles. The largest absolute Gasteiger partial charge is 0.328 e. The van der Waals surface area contributed by atoms with Crippen LogP contribution in [0.1, 0.15) is 118 Å². The standard InChI is InChI=1S/C25H50O3/c1-6-11-13-15-17-19-21-23-24(22-20-18-16-14-12-7-2)25(26-8-3,27-9-4)28-10-5/h18,20,24H,6-17,19,21-23H2,1-5H3. The molecule has 168 valence electrons. The first-order valence-corrected chi connectivity index (χ1v) is 12.3. The average Bonchev–Trinajstić information content (AvgIpc) is 2.68. The van der Waals surface area contributed by atoms with Crippen molar-refractivity contribution in [1.82, 2.24) is 0 Å². The highest BCUT2D eigenvalue weighted by Crippen LogP contribution is 2.33. The predicted molar refractivity (Wildman–Crippen MR) is 122 cm³/mol. The average molecular weight is 399 g/mol. The molecular formula is C25H50O3. The molecule has 0 spiro atoms. The van der Waals surface area contributed by atoms with E-state index in [0.29, 0.717) is 19.8 Å². The van der Waals surface area contributed by atoms with E-state index in [-0.39, 0.29) is 5.92 Å². The molecule has 0 saturated carbocycles. The van der Waals surface area contributed by atoms with Gasteiger partial charge in [0.1, 0.15) is 0 Å². The van der Waals surface area contributed by atoms with Gasteiger partial charge < -0.3 is 14.2 Å². The fourth-order valence-electron chi connectivity index (χ4n) is 3.76. The van der Waals surface area contributed by atoms with Gasteiger partial charge >= 0.3 is 0 Å². The molecular weight excluding hydrogens is 348 g/mol. The molecule has 28 heavy (non-hydrogen) atoms. The van der Waals surface area contributed by atoms with Gasteiger partial charge in [0, 0.05) is 25.7 Å². The Bertz CT molecular complexity index is 324. The summed E-state index contributed by atoms with van der Waals surface area (Å²) in [7, 11) is 0. The fourth-order valence-corrected chi connectivity index (χ4v) is 3.76. The summed E-state index contributed by atoms with van der Waals surface area (Å²) in [6.07, 6.45) is 21.0. The lowest BCUT2D eigenvalue weighted by Gasteiger charge is -2.38. The Labute approximate surface area is 176 Å². The van der Waals surface area contributed by atoms with Crippen molar-refractivity contribution < 1.29 is 14.2 Å². The first-order valence-electron chi connectivity index (χ1n) is 12.3. The SMILES string of the molecule is CCCCCC=CCC(CCCCCCCCC)C(OCC)(OCC)OCC. The molecule has 0 heterocycles. The maximum Gasteiger partial charge on any atom is 0.286 e. The third kappa shape index (κ3) is 13.0. The lowest BCUT2D eigenvalue weighted by molar-refractivity contribution is -0.402. The molecule has 0 rings (SSSR count). The Morgan fingerprint density at radius 2 is 1.11 bits per heavy atom. The number of unbranched alkanes of at least 4 members (excludes halogenated alkanes) is 9. The van der Waals surface area contributed by atoms with E-state index in [2.05, 4.69) is 26.0 Å². The monoisotopic (exact) mass is 398 g/mol. The molecule has 0 radical (unpaired) electrons. The van der Waals surface area contributed by atoms with Crippen LogP contribution in [0.3, 0.4) is 0 Å². The molecule has 0 aromatic carbocycles. The summed E-state index contributed by atoms with van der Waals surface area (Å²) in [6, 6.07) is 0. The third-order valence-corrected chi connectivity index (χ3v) is 5.25. The summed E-state index contributed by atoms with van der Waals surface area (Å²) in [5.41, 5.74) is 0. The van der Waals surface area contributed by atoms with Crippen LogP contribution in [0.4, 0.5) is 0 Å². The van der Waals surface area contributed by atoms with Crippen LogP contribution in [0.5, 0.6) is 0 Å². The van der Waals surface area contributed by atoms with Crippen LogP contribution >= 0.6 is 0 Å². The van der Waals surface area contributed by atoms with Gasteiger partial charge in [-0.15, -0.1) is 0 Å². The molecule has 1 atom stereocenters. The molecule has 0 amide bonds. The summed E-state index contributed by atoms with van der Waals surface area (Å²) in [5.74, 6) is -0.653. The van der Waals surface area contributed by atoms with Crippen molar-refractivity contribution in [3.05, 3.63) is 12.2 Å². The van der Waals surface area contributed by atoms with Gasteiger partial charge in [-0.3, -0.25) is 0 Å². The molecule has 0 aliphatic rings. The topological polar surface area (TPSA) is 27.7 Å². The van der Waals surface area contributed by atoms with Gasteiger partial charge in [-0.2, -0.15) is 0 Å². The van der Waals surface area contributed by atoms with Gasteiger partial charge in [0.05, 0.1) is 0 Å². The molecule has 0 saturated heterocycles. The molecule has 0 aromatic rings. The highest BCUT2D eigenvalue weighted by atomic mass is 16.9. The first-order chi connectivity index (χ1) is 13.7. The van der Waals surface area contributed by atoms with E-state index in [1.54, 1.807) is 0 Å². The van der Waals surface area contributed by atoms with Gasteiger partial charge in [-0.05, 0) is 46.5 Å². The van der Waals surface area contributed by atoms with E-state index in [0.717, 1.165) is 12.8 Å². The zero-order valence-corrected chi connectivity index (χ0v) is 19.8. The number of hydrogen-bond acceptors (Lipinski definition) is 3. The Balaban J connectivity index is 4.81. The van der Waals surface area contributed by atoms with Crippen LogP contribution in [-0.2, 0) is 14.2 Å². The maximum absolute atomic E-state index is 6.10. The minimum absolute atomic E-state index is 0.241. The van der Waals surface area contributed by atoms with Crippen LogP contribution in [0.15, 0.2) is 12.2 Å². The van der Waals surface area contributed by atoms with Crippen LogP contribution in [-0.4, -0.2) is 25.8 Å². The maximum atomic E-state index is 6.10. The van der Waals surface area contributed by atoms with E-state index in [1.165, 1.54) is 70.6 Å². The van der Waals surface area contributed by atoms with E-state index >= 15 is 0 Å². The van der Waals surface area contributed by atoms with Gasteiger partial charge in [0.15, 0.2) is 0 Å². The van der Waals surface area contributed by atoms with Gasteiger partial charge in [-0.25, -0.2) is 0 Å². The summed E-state index contributed by atoms with van der Waals surface area (Å²) in [6.45, 7) is 12.4. The minimum atomic E-state index is -0.895. The number of ether oxygens (including phenoxy) is 3. The van der Waals surface area contributed by atoms with Gasteiger partial charge in [0.2, 0.25) is 0 Å². The van der Waals surface area contributed by atoms with Gasteiger partial charge in [0.25, 0.3) is 5.97 Å². The highest BCUT2D eigenvalue weighted by Gasteiger charge is 2.41. The van der Waals surface area contributed by atoms with Crippen molar-refractivity contribution >= 4 is 0 Å². The Morgan fingerprint density at radius 1 is 0.607 bits per heavy atom. The number of allylic oxidation sites excluding steroid dienone is 2. The summed E-state index contributed by atoms with van der Waals surface area (Å²) >= 11 is 0. The van der Waals surface area contributed by atoms with E-state index in [9.17, 15) is 0 Å². The zero-order valence-electron chi connectivity index (χ0n) is 19.8. The fraction of sp³-hybridized carbons (Fsp3) is 0.920. The molecule has 0 fully saturated rings. The molecule has 3 heteroatoms.